The van der Waals surface area contributed by atoms with Crippen LogP contribution in [0.1, 0.15) is 31.8 Å². The summed E-state index contributed by atoms with van der Waals surface area (Å²) in [5, 5.41) is 2.55. The molecule has 10 heteroatoms. The number of carbonyl (C=O) groups is 2. The number of nitrogens with zero attached hydrogens (tertiary/aromatic N) is 3. The van der Waals surface area contributed by atoms with E-state index in [4.69, 9.17) is 4.74 Å². The van der Waals surface area contributed by atoms with E-state index in [2.05, 4.69) is 20.2 Å². The SMILES string of the molecule is O=C(Nc1ccc(C(=O)c2ccc3ncc(N4CCOCC4)nc3c2)cc1)c1cccc(C(F)(F)F)c1. The summed E-state index contributed by atoms with van der Waals surface area (Å²) in [4.78, 5) is 36.7. The van der Waals surface area contributed by atoms with E-state index in [0.717, 1.165) is 31.0 Å². The van der Waals surface area contributed by atoms with Gasteiger partial charge in [0.1, 0.15) is 5.82 Å². The highest BCUT2D eigenvalue weighted by Crippen LogP contribution is 2.29. The van der Waals surface area contributed by atoms with Crippen LogP contribution in [0.4, 0.5) is 24.7 Å². The van der Waals surface area contributed by atoms with Crippen molar-refractivity contribution in [3.8, 4) is 0 Å². The normalized spacial score (nSPS) is 14.0. The first-order valence-corrected chi connectivity index (χ1v) is 11.5. The molecule has 1 aliphatic rings. The van der Waals surface area contributed by atoms with Crippen LogP contribution in [-0.2, 0) is 10.9 Å². The highest BCUT2D eigenvalue weighted by atomic mass is 19.4. The summed E-state index contributed by atoms with van der Waals surface area (Å²) >= 11 is 0. The number of aromatic nitrogens is 2. The number of hydrogen-bond donors (Lipinski definition) is 1. The number of benzene rings is 3. The number of amides is 1. The van der Waals surface area contributed by atoms with Crippen LogP contribution in [-0.4, -0.2) is 48.0 Å². The van der Waals surface area contributed by atoms with E-state index < -0.39 is 17.6 Å². The predicted octanol–water partition coefficient (Wildman–Crippen LogP) is 4.97. The average Bonchev–Trinajstić information content (AvgIpc) is 2.92. The first kappa shape index (κ1) is 24.4. The van der Waals surface area contributed by atoms with Gasteiger partial charge in [-0.05, 0) is 60.7 Å². The molecule has 2 heterocycles. The molecule has 1 saturated heterocycles. The first-order chi connectivity index (χ1) is 17.8. The van der Waals surface area contributed by atoms with Gasteiger partial charge < -0.3 is 15.0 Å². The summed E-state index contributed by atoms with van der Waals surface area (Å²) < 4.78 is 44.2. The average molecular weight is 506 g/mol. The molecule has 1 N–H and O–H groups in total. The Labute approximate surface area is 209 Å². The lowest BCUT2D eigenvalue weighted by molar-refractivity contribution is -0.137. The van der Waals surface area contributed by atoms with Crippen molar-refractivity contribution in [3.05, 3.63) is 95.2 Å². The maximum atomic E-state index is 13.1. The summed E-state index contributed by atoms with van der Waals surface area (Å²) in [6.45, 7) is 2.67. The second-order valence-electron chi connectivity index (χ2n) is 8.47. The Bertz CT molecular complexity index is 1470. The monoisotopic (exact) mass is 506 g/mol. The molecular weight excluding hydrogens is 485 g/mol. The quantitative estimate of drug-likeness (QED) is 0.385. The van der Waals surface area contributed by atoms with Gasteiger partial charge >= 0.3 is 6.18 Å². The molecule has 0 aliphatic carbocycles. The first-order valence-electron chi connectivity index (χ1n) is 11.5. The molecule has 188 valence electrons. The molecule has 1 aromatic heterocycles. The Balaban J connectivity index is 1.31. The number of carbonyl (C=O) groups excluding carboxylic acids is 2. The van der Waals surface area contributed by atoms with Crippen LogP contribution in [0.15, 0.2) is 72.9 Å². The largest absolute Gasteiger partial charge is 0.416 e. The Hall–Kier alpha value is -4.31. The third kappa shape index (κ3) is 5.44. The summed E-state index contributed by atoms with van der Waals surface area (Å²) in [6, 6.07) is 15.4. The van der Waals surface area contributed by atoms with Crippen LogP contribution in [0.5, 0.6) is 0 Å². The van der Waals surface area contributed by atoms with Gasteiger partial charge in [-0.15, -0.1) is 0 Å². The Kier molecular flexibility index (Phi) is 6.58. The summed E-state index contributed by atoms with van der Waals surface area (Å²) in [5.74, 6) is -0.202. The van der Waals surface area contributed by atoms with Gasteiger partial charge in [-0.3, -0.25) is 14.6 Å². The molecule has 1 fully saturated rings. The van der Waals surface area contributed by atoms with E-state index in [-0.39, 0.29) is 11.3 Å². The number of alkyl halides is 3. The van der Waals surface area contributed by atoms with Gasteiger partial charge in [-0.2, -0.15) is 13.2 Å². The van der Waals surface area contributed by atoms with E-state index in [1.54, 1.807) is 36.5 Å². The molecule has 1 amide bonds. The van der Waals surface area contributed by atoms with Crippen molar-refractivity contribution < 1.29 is 27.5 Å². The zero-order valence-electron chi connectivity index (χ0n) is 19.5. The number of anilines is 2. The second kappa shape index (κ2) is 9.98. The number of morpholine rings is 1. The Morgan fingerprint density at radius 2 is 1.59 bits per heavy atom. The van der Waals surface area contributed by atoms with Gasteiger partial charge in [0, 0.05) is 35.5 Å². The molecule has 0 atom stereocenters. The molecule has 0 saturated carbocycles. The van der Waals surface area contributed by atoms with Crippen LogP contribution in [0.3, 0.4) is 0 Å². The Morgan fingerprint density at radius 3 is 2.32 bits per heavy atom. The molecule has 4 aromatic rings. The summed E-state index contributed by atoms with van der Waals surface area (Å²) in [7, 11) is 0. The number of ether oxygens (including phenoxy) is 1. The number of rotatable bonds is 5. The van der Waals surface area contributed by atoms with E-state index in [9.17, 15) is 22.8 Å². The van der Waals surface area contributed by atoms with E-state index in [1.165, 1.54) is 24.3 Å². The van der Waals surface area contributed by atoms with Gasteiger partial charge in [-0.25, -0.2) is 4.98 Å². The van der Waals surface area contributed by atoms with Crippen LogP contribution in [0.2, 0.25) is 0 Å². The highest BCUT2D eigenvalue weighted by molar-refractivity contribution is 6.11. The molecule has 37 heavy (non-hydrogen) atoms. The molecule has 7 nitrogen and oxygen atoms in total. The summed E-state index contributed by atoms with van der Waals surface area (Å²) in [5.41, 5.74) is 1.40. The zero-order chi connectivity index (χ0) is 26.0. The van der Waals surface area contributed by atoms with Crippen molar-refractivity contribution in [1.29, 1.82) is 0 Å². The molecule has 3 aromatic carbocycles. The van der Waals surface area contributed by atoms with Crippen molar-refractivity contribution in [3.63, 3.8) is 0 Å². The fraction of sp³-hybridized carbons (Fsp3) is 0.185. The molecular formula is C27H21F3N4O3. The zero-order valence-corrected chi connectivity index (χ0v) is 19.5. The van der Waals surface area contributed by atoms with Crippen LogP contribution < -0.4 is 10.2 Å². The van der Waals surface area contributed by atoms with E-state index in [1.807, 2.05) is 0 Å². The molecule has 0 bridgehead atoms. The molecule has 0 radical (unpaired) electrons. The van der Waals surface area contributed by atoms with Gasteiger partial charge in [0.15, 0.2) is 5.78 Å². The predicted molar refractivity (Wildman–Crippen MR) is 132 cm³/mol. The lowest BCUT2D eigenvalue weighted by Crippen LogP contribution is -2.36. The number of fused-ring (bicyclic) bond motifs is 1. The minimum absolute atomic E-state index is 0.122. The Morgan fingerprint density at radius 1 is 0.865 bits per heavy atom. The van der Waals surface area contributed by atoms with Crippen LogP contribution in [0, 0.1) is 0 Å². The lowest BCUT2D eigenvalue weighted by Gasteiger charge is -2.27. The summed E-state index contributed by atoms with van der Waals surface area (Å²) in [6.07, 6.45) is -2.84. The molecule has 1 aliphatic heterocycles. The maximum absolute atomic E-state index is 13.1. The van der Waals surface area contributed by atoms with E-state index >= 15 is 0 Å². The fourth-order valence-electron chi connectivity index (χ4n) is 4.00. The molecule has 0 spiro atoms. The number of halogens is 3. The van der Waals surface area contributed by atoms with Crippen molar-refractivity contribution >= 4 is 34.2 Å². The fourth-order valence-corrected chi connectivity index (χ4v) is 4.00. The third-order valence-corrected chi connectivity index (χ3v) is 5.98. The standard InChI is InChI=1S/C27H21F3N4O3/c28-27(29,30)20-3-1-2-19(14-20)26(36)32-21-7-4-17(5-8-21)25(35)18-6-9-22-23(15-18)33-24(16-31-22)34-10-12-37-13-11-34/h1-9,14-16H,10-13H2,(H,32,36). The van der Waals surface area contributed by atoms with Crippen molar-refractivity contribution in [2.75, 3.05) is 36.5 Å². The van der Waals surface area contributed by atoms with Crippen molar-refractivity contribution in [1.82, 2.24) is 9.97 Å². The maximum Gasteiger partial charge on any atom is 0.416 e. The third-order valence-electron chi connectivity index (χ3n) is 5.98. The molecule has 5 rings (SSSR count). The van der Waals surface area contributed by atoms with Crippen molar-refractivity contribution in [2.45, 2.75) is 6.18 Å². The minimum Gasteiger partial charge on any atom is -0.378 e. The van der Waals surface area contributed by atoms with Gasteiger partial charge in [0.25, 0.3) is 5.91 Å². The lowest BCUT2D eigenvalue weighted by atomic mass is 10.0. The van der Waals surface area contributed by atoms with Gasteiger partial charge in [-0.1, -0.05) is 6.07 Å². The number of hydrogen-bond acceptors (Lipinski definition) is 6. The highest BCUT2D eigenvalue weighted by Gasteiger charge is 2.31. The van der Waals surface area contributed by atoms with Gasteiger partial charge in [0.05, 0.1) is 36.0 Å². The topological polar surface area (TPSA) is 84.4 Å². The number of nitrogens with one attached hydrogen (secondary N) is 1. The number of ketones is 1. The van der Waals surface area contributed by atoms with Crippen molar-refractivity contribution in [2.24, 2.45) is 0 Å². The van der Waals surface area contributed by atoms with E-state index in [0.29, 0.717) is 41.1 Å². The second-order valence-corrected chi connectivity index (χ2v) is 8.47. The van der Waals surface area contributed by atoms with Crippen LogP contribution in [0.25, 0.3) is 11.0 Å². The van der Waals surface area contributed by atoms with Gasteiger partial charge in [0.2, 0.25) is 0 Å². The minimum atomic E-state index is -4.54. The molecule has 0 unspecified atom stereocenters. The smallest absolute Gasteiger partial charge is 0.378 e. The van der Waals surface area contributed by atoms with Crippen LogP contribution >= 0.6 is 0 Å².